The molecule has 0 amide bonds. The lowest BCUT2D eigenvalue weighted by Gasteiger charge is -2.15. The summed E-state index contributed by atoms with van der Waals surface area (Å²) >= 11 is 0. The molecule has 0 saturated heterocycles. The Morgan fingerprint density at radius 3 is 2.25 bits per heavy atom. The summed E-state index contributed by atoms with van der Waals surface area (Å²) in [5, 5.41) is 0. The average Bonchev–Trinajstić information content (AvgIpc) is 2.36. The molecular formula is C14H20F3NO2. The molecule has 114 valence electrons. The number of alkyl halides is 3. The highest BCUT2D eigenvalue weighted by molar-refractivity contribution is 5.27. The number of hydrogen-bond donors (Lipinski definition) is 1. The van der Waals surface area contributed by atoms with Crippen LogP contribution in [0.25, 0.3) is 0 Å². The Kier molecular flexibility index (Phi) is 6.29. The monoisotopic (exact) mass is 291 g/mol. The Morgan fingerprint density at radius 2 is 1.75 bits per heavy atom. The minimum atomic E-state index is -4.66. The van der Waals surface area contributed by atoms with Crippen LogP contribution >= 0.6 is 0 Å². The predicted molar refractivity (Wildman–Crippen MR) is 70.5 cm³/mol. The fraction of sp³-hybridized carbons (Fsp3) is 0.571. The van der Waals surface area contributed by atoms with Gasteiger partial charge in [0.2, 0.25) is 0 Å². The lowest BCUT2D eigenvalue weighted by Crippen LogP contribution is -2.24. The van der Waals surface area contributed by atoms with Gasteiger partial charge in [-0.1, -0.05) is 12.1 Å². The molecule has 0 saturated carbocycles. The smallest absolute Gasteiger partial charge is 0.406 e. The van der Waals surface area contributed by atoms with Gasteiger partial charge in [0.05, 0.1) is 6.10 Å². The summed E-state index contributed by atoms with van der Waals surface area (Å²) in [4.78, 5) is 0. The van der Waals surface area contributed by atoms with E-state index in [-0.39, 0.29) is 17.9 Å². The minimum Gasteiger partial charge on any atom is -0.406 e. The van der Waals surface area contributed by atoms with Crippen molar-refractivity contribution in [3.05, 3.63) is 29.8 Å². The van der Waals surface area contributed by atoms with Crippen LogP contribution in [0.3, 0.4) is 0 Å². The van der Waals surface area contributed by atoms with E-state index in [9.17, 15) is 13.2 Å². The highest BCUT2D eigenvalue weighted by atomic mass is 19.4. The SMILES string of the molecule is COC(C)CCC(N)Cc1ccc(OC(F)(F)F)cc1. The van der Waals surface area contributed by atoms with Crippen LogP contribution in [0, 0.1) is 0 Å². The topological polar surface area (TPSA) is 44.5 Å². The zero-order valence-electron chi connectivity index (χ0n) is 11.6. The Bertz CT molecular complexity index is 392. The van der Waals surface area contributed by atoms with Crippen molar-refractivity contribution in [3.8, 4) is 5.75 Å². The molecule has 0 aliphatic carbocycles. The van der Waals surface area contributed by atoms with Crippen LogP contribution in [0.4, 0.5) is 13.2 Å². The van der Waals surface area contributed by atoms with Gasteiger partial charge in [0.25, 0.3) is 0 Å². The zero-order valence-corrected chi connectivity index (χ0v) is 11.6. The molecule has 0 spiro atoms. The number of ether oxygens (including phenoxy) is 2. The predicted octanol–water partition coefficient (Wildman–Crippen LogP) is 3.27. The maximum absolute atomic E-state index is 12.0. The van der Waals surface area contributed by atoms with Crippen molar-refractivity contribution in [2.75, 3.05) is 7.11 Å². The molecule has 2 unspecified atom stereocenters. The Balaban J connectivity index is 2.44. The summed E-state index contributed by atoms with van der Waals surface area (Å²) in [7, 11) is 1.65. The highest BCUT2D eigenvalue weighted by Gasteiger charge is 2.30. The van der Waals surface area contributed by atoms with Crippen LogP contribution < -0.4 is 10.5 Å². The van der Waals surface area contributed by atoms with Crippen molar-refractivity contribution in [2.45, 2.75) is 44.7 Å². The lowest BCUT2D eigenvalue weighted by atomic mass is 10.0. The van der Waals surface area contributed by atoms with Gasteiger partial charge in [-0.2, -0.15) is 0 Å². The van der Waals surface area contributed by atoms with Gasteiger partial charge in [-0.25, -0.2) is 0 Å². The normalized spacial score (nSPS) is 14.9. The van der Waals surface area contributed by atoms with E-state index in [0.717, 1.165) is 18.4 Å². The average molecular weight is 291 g/mol. The number of halogens is 3. The molecule has 2 atom stereocenters. The summed E-state index contributed by atoms with van der Waals surface area (Å²) in [6.07, 6.45) is -2.23. The molecular weight excluding hydrogens is 271 g/mol. The molecule has 0 heterocycles. The Hall–Kier alpha value is -1.27. The van der Waals surface area contributed by atoms with E-state index in [1.807, 2.05) is 6.92 Å². The molecule has 1 aromatic carbocycles. The third kappa shape index (κ3) is 6.77. The molecule has 0 radical (unpaired) electrons. The third-order valence-electron chi connectivity index (χ3n) is 3.00. The van der Waals surface area contributed by atoms with E-state index in [0.29, 0.717) is 6.42 Å². The van der Waals surface area contributed by atoms with E-state index in [4.69, 9.17) is 10.5 Å². The molecule has 1 rings (SSSR count). The molecule has 0 aromatic heterocycles. The standard InChI is InChI=1S/C14H20F3NO2/c1-10(19-2)3-6-12(18)9-11-4-7-13(8-5-11)20-14(15,16)17/h4-5,7-8,10,12H,3,6,9,18H2,1-2H3. The van der Waals surface area contributed by atoms with Gasteiger partial charge in [-0.3, -0.25) is 0 Å². The molecule has 3 nitrogen and oxygen atoms in total. The van der Waals surface area contributed by atoms with Gasteiger partial charge in [-0.05, 0) is 43.9 Å². The van der Waals surface area contributed by atoms with Crippen molar-refractivity contribution in [3.63, 3.8) is 0 Å². The molecule has 0 aliphatic rings. The Morgan fingerprint density at radius 1 is 1.15 bits per heavy atom. The number of methoxy groups -OCH3 is 1. The van der Waals surface area contributed by atoms with Gasteiger partial charge in [-0.15, -0.1) is 13.2 Å². The fourth-order valence-corrected chi connectivity index (χ4v) is 1.80. The first kappa shape index (κ1) is 16.8. The Labute approximate surface area is 116 Å². The number of rotatable bonds is 7. The van der Waals surface area contributed by atoms with Crippen LogP contribution in [-0.2, 0) is 11.2 Å². The van der Waals surface area contributed by atoms with Gasteiger partial charge in [0.1, 0.15) is 5.75 Å². The van der Waals surface area contributed by atoms with Crippen molar-refractivity contribution in [1.82, 2.24) is 0 Å². The highest BCUT2D eigenvalue weighted by Crippen LogP contribution is 2.23. The van der Waals surface area contributed by atoms with Crippen LogP contribution in [0.1, 0.15) is 25.3 Å². The maximum Gasteiger partial charge on any atom is 0.573 e. The summed E-state index contributed by atoms with van der Waals surface area (Å²) in [5.41, 5.74) is 6.87. The van der Waals surface area contributed by atoms with Crippen molar-refractivity contribution in [1.29, 1.82) is 0 Å². The molecule has 0 bridgehead atoms. The molecule has 2 N–H and O–H groups in total. The number of benzene rings is 1. The maximum atomic E-state index is 12.0. The van der Waals surface area contributed by atoms with Gasteiger partial charge >= 0.3 is 6.36 Å². The second-order valence-electron chi connectivity index (χ2n) is 4.78. The van der Waals surface area contributed by atoms with Gasteiger partial charge < -0.3 is 15.2 Å². The van der Waals surface area contributed by atoms with E-state index in [1.165, 1.54) is 12.1 Å². The molecule has 6 heteroatoms. The van der Waals surface area contributed by atoms with Crippen LogP contribution in [0.5, 0.6) is 5.75 Å². The second-order valence-corrected chi connectivity index (χ2v) is 4.78. The van der Waals surface area contributed by atoms with Gasteiger partial charge in [0.15, 0.2) is 0 Å². The molecule has 0 fully saturated rings. The number of nitrogens with two attached hydrogens (primary N) is 1. The largest absolute Gasteiger partial charge is 0.573 e. The minimum absolute atomic E-state index is 0.0398. The summed E-state index contributed by atoms with van der Waals surface area (Å²) < 4.78 is 45.0. The first-order valence-corrected chi connectivity index (χ1v) is 6.43. The van der Waals surface area contributed by atoms with Crippen LogP contribution in [0.15, 0.2) is 24.3 Å². The third-order valence-corrected chi connectivity index (χ3v) is 3.00. The molecule has 1 aromatic rings. The summed E-state index contributed by atoms with van der Waals surface area (Å²) in [6.45, 7) is 1.97. The zero-order chi connectivity index (χ0) is 15.2. The lowest BCUT2D eigenvalue weighted by molar-refractivity contribution is -0.274. The van der Waals surface area contributed by atoms with Crippen LogP contribution in [0.2, 0.25) is 0 Å². The summed E-state index contributed by atoms with van der Waals surface area (Å²) in [5.74, 6) is -0.220. The van der Waals surface area contributed by atoms with Crippen molar-refractivity contribution >= 4 is 0 Å². The first-order chi connectivity index (χ1) is 9.30. The van der Waals surface area contributed by atoms with E-state index >= 15 is 0 Å². The number of hydrogen-bond acceptors (Lipinski definition) is 3. The van der Waals surface area contributed by atoms with Crippen molar-refractivity contribution in [2.24, 2.45) is 5.73 Å². The second kappa shape index (κ2) is 7.50. The molecule has 0 aliphatic heterocycles. The van der Waals surface area contributed by atoms with Crippen molar-refractivity contribution < 1.29 is 22.6 Å². The van der Waals surface area contributed by atoms with Crippen LogP contribution in [-0.4, -0.2) is 25.6 Å². The fourth-order valence-electron chi connectivity index (χ4n) is 1.80. The first-order valence-electron chi connectivity index (χ1n) is 6.43. The molecule has 20 heavy (non-hydrogen) atoms. The van der Waals surface area contributed by atoms with E-state index < -0.39 is 6.36 Å². The quantitative estimate of drug-likeness (QED) is 0.838. The summed E-state index contributed by atoms with van der Waals surface area (Å²) in [6, 6.07) is 5.75. The van der Waals surface area contributed by atoms with Gasteiger partial charge in [0, 0.05) is 13.2 Å². The van der Waals surface area contributed by atoms with E-state index in [1.54, 1.807) is 19.2 Å². The van der Waals surface area contributed by atoms with E-state index in [2.05, 4.69) is 4.74 Å².